The van der Waals surface area contributed by atoms with E-state index >= 15 is 0 Å². The number of rotatable bonds is 5. The van der Waals surface area contributed by atoms with Gasteiger partial charge in [-0.3, -0.25) is 11.3 Å². The van der Waals surface area contributed by atoms with Gasteiger partial charge in [0.15, 0.2) is 0 Å². The van der Waals surface area contributed by atoms with Crippen LogP contribution in [-0.4, -0.2) is 13.2 Å². The molecule has 0 amide bonds. The van der Waals surface area contributed by atoms with Crippen molar-refractivity contribution in [2.75, 3.05) is 13.2 Å². The molecule has 1 rings (SSSR count). The lowest BCUT2D eigenvalue weighted by atomic mass is 10.3. The van der Waals surface area contributed by atoms with E-state index in [1.54, 1.807) is 6.07 Å². The number of benzene rings is 1. The van der Waals surface area contributed by atoms with Crippen LogP contribution < -0.4 is 16.0 Å². The molecular formula is C9H13ClN2O. The average Bonchev–Trinajstić information content (AvgIpc) is 2.15. The van der Waals surface area contributed by atoms with Crippen molar-refractivity contribution in [2.24, 2.45) is 5.84 Å². The lowest BCUT2D eigenvalue weighted by Gasteiger charge is -2.06. The van der Waals surface area contributed by atoms with E-state index in [9.17, 15) is 0 Å². The van der Waals surface area contributed by atoms with Crippen molar-refractivity contribution in [2.45, 2.75) is 6.42 Å². The van der Waals surface area contributed by atoms with Crippen LogP contribution in [0.3, 0.4) is 0 Å². The molecular weight excluding hydrogens is 188 g/mol. The van der Waals surface area contributed by atoms with Crippen molar-refractivity contribution in [3.8, 4) is 5.75 Å². The molecule has 1 aromatic carbocycles. The van der Waals surface area contributed by atoms with Crippen LogP contribution in [0.25, 0.3) is 0 Å². The summed E-state index contributed by atoms with van der Waals surface area (Å²) in [6.07, 6.45) is 0.863. The minimum atomic E-state index is 0.619. The molecule has 0 saturated carbocycles. The lowest BCUT2D eigenvalue weighted by Crippen LogP contribution is -2.24. The molecule has 1 aromatic rings. The first kappa shape index (κ1) is 10.3. The van der Waals surface area contributed by atoms with Gasteiger partial charge in [-0.15, -0.1) is 0 Å². The van der Waals surface area contributed by atoms with Crippen molar-refractivity contribution in [3.63, 3.8) is 0 Å². The normalized spacial score (nSPS) is 10.0. The summed E-state index contributed by atoms with van der Waals surface area (Å²) in [5.74, 6) is 5.83. The first-order valence-corrected chi connectivity index (χ1v) is 4.53. The third kappa shape index (κ3) is 3.63. The highest BCUT2D eigenvalue weighted by Crippen LogP contribution is 2.22. The van der Waals surface area contributed by atoms with Crippen LogP contribution in [0.15, 0.2) is 24.3 Å². The Bertz CT molecular complexity index is 255. The summed E-state index contributed by atoms with van der Waals surface area (Å²) in [7, 11) is 0. The second kappa shape index (κ2) is 5.80. The van der Waals surface area contributed by atoms with Gasteiger partial charge in [-0.1, -0.05) is 23.7 Å². The third-order valence-corrected chi connectivity index (χ3v) is 1.87. The fourth-order valence-electron chi connectivity index (χ4n) is 0.918. The number of nitrogens with two attached hydrogens (primary N) is 1. The Kier molecular flexibility index (Phi) is 4.60. The lowest BCUT2D eigenvalue weighted by molar-refractivity contribution is 0.309. The molecule has 0 radical (unpaired) electrons. The van der Waals surface area contributed by atoms with E-state index < -0.39 is 0 Å². The van der Waals surface area contributed by atoms with E-state index in [-0.39, 0.29) is 0 Å². The highest BCUT2D eigenvalue weighted by atomic mass is 35.5. The first-order chi connectivity index (χ1) is 6.34. The zero-order valence-electron chi connectivity index (χ0n) is 7.29. The fourth-order valence-corrected chi connectivity index (χ4v) is 1.11. The van der Waals surface area contributed by atoms with Gasteiger partial charge in [0.25, 0.3) is 0 Å². The van der Waals surface area contributed by atoms with Gasteiger partial charge in [0.05, 0.1) is 11.6 Å². The van der Waals surface area contributed by atoms with Crippen molar-refractivity contribution in [1.29, 1.82) is 0 Å². The molecule has 0 saturated heterocycles. The summed E-state index contributed by atoms with van der Waals surface area (Å²) in [5, 5.41) is 0.642. The Labute approximate surface area is 82.8 Å². The molecule has 4 heteroatoms. The van der Waals surface area contributed by atoms with Crippen molar-refractivity contribution in [1.82, 2.24) is 5.43 Å². The highest BCUT2D eigenvalue weighted by molar-refractivity contribution is 6.32. The molecule has 0 fully saturated rings. The number of ether oxygens (including phenoxy) is 1. The fraction of sp³-hybridized carbons (Fsp3) is 0.333. The van der Waals surface area contributed by atoms with Crippen molar-refractivity contribution in [3.05, 3.63) is 29.3 Å². The van der Waals surface area contributed by atoms with E-state index in [2.05, 4.69) is 5.43 Å². The predicted octanol–water partition coefficient (Wildman–Crippen LogP) is 1.57. The van der Waals surface area contributed by atoms with Crippen molar-refractivity contribution < 1.29 is 4.74 Å². The summed E-state index contributed by atoms with van der Waals surface area (Å²) in [6.45, 7) is 1.36. The van der Waals surface area contributed by atoms with Gasteiger partial charge in [0, 0.05) is 6.54 Å². The number of hydrogen-bond acceptors (Lipinski definition) is 3. The number of para-hydroxylation sites is 1. The molecule has 0 aliphatic carbocycles. The third-order valence-electron chi connectivity index (χ3n) is 1.56. The Morgan fingerprint density at radius 2 is 2.15 bits per heavy atom. The molecule has 0 heterocycles. The van der Waals surface area contributed by atoms with Crippen LogP contribution in [0.5, 0.6) is 5.75 Å². The maximum atomic E-state index is 5.87. The van der Waals surface area contributed by atoms with Gasteiger partial charge in [-0.05, 0) is 18.6 Å². The molecule has 3 nitrogen and oxygen atoms in total. The van der Waals surface area contributed by atoms with Gasteiger partial charge < -0.3 is 4.74 Å². The molecule has 0 bridgehead atoms. The second-order valence-corrected chi connectivity index (χ2v) is 2.99. The Balaban J connectivity index is 2.32. The van der Waals surface area contributed by atoms with Gasteiger partial charge in [0.2, 0.25) is 0 Å². The molecule has 0 atom stereocenters. The number of nitrogens with one attached hydrogen (secondary N) is 1. The summed E-state index contributed by atoms with van der Waals surface area (Å²) in [6, 6.07) is 7.41. The maximum Gasteiger partial charge on any atom is 0.137 e. The Morgan fingerprint density at radius 1 is 1.38 bits per heavy atom. The summed E-state index contributed by atoms with van der Waals surface area (Å²) < 4.78 is 5.41. The zero-order chi connectivity index (χ0) is 9.52. The molecule has 0 spiro atoms. The van der Waals surface area contributed by atoms with Gasteiger partial charge >= 0.3 is 0 Å². The Hall–Kier alpha value is -0.770. The number of halogens is 1. The zero-order valence-corrected chi connectivity index (χ0v) is 8.05. The first-order valence-electron chi connectivity index (χ1n) is 4.15. The topological polar surface area (TPSA) is 47.3 Å². The Morgan fingerprint density at radius 3 is 2.85 bits per heavy atom. The maximum absolute atomic E-state index is 5.87. The van der Waals surface area contributed by atoms with Crippen molar-refractivity contribution >= 4 is 11.6 Å². The van der Waals surface area contributed by atoms with Crippen LogP contribution in [-0.2, 0) is 0 Å². The van der Waals surface area contributed by atoms with Crippen LogP contribution in [0.4, 0.5) is 0 Å². The molecule has 13 heavy (non-hydrogen) atoms. The second-order valence-electron chi connectivity index (χ2n) is 2.59. The smallest absolute Gasteiger partial charge is 0.137 e. The predicted molar refractivity (Wildman–Crippen MR) is 53.8 cm³/mol. The standard InChI is InChI=1S/C9H13ClN2O/c10-8-4-1-2-5-9(8)13-7-3-6-12-11/h1-2,4-5,12H,3,6-7,11H2. The van der Waals surface area contributed by atoms with E-state index in [1.165, 1.54) is 0 Å². The number of hydrazine groups is 1. The van der Waals surface area contributed by atoms with Gasteiger partial charge in [-0.2, -0.15) is 0 Å². The monoisotopic (exact) mass is 200 g/mol. The van der Waals surface area contributed by atoms with Gasteiger partial charge in [-0.25, -0.2) is 0 Å². The molecule has 72 valence electrons. The quantitative estimate of drug-likeness (QED) is 0.431. The van der Waals surface area contributed by atoms with Crippen LogP contribution >= 0.6 is 11.6 Å². The van der Waals surface area contributed by atoms with Crippen LogP contribution in [0, 0.1) is 0 Å². The minimum absolute atomic E-state index is 0.619. The minimum Gasteiger partial charge on any atom is -0.492 e. The molecule has 0 aromatic heterocycles. The summed E-state index contributed by atoms with van der Waals surface area (Å²) in [5.41, 5.74) is 2.56. The number of hydrogen-bond donors (Lipinski definition) is 2. The van der Waals surface area contributed by atoms with E-state index in [0.717, 1.165) is 18.7 Å². The SMILES string of the molecule is NNCCCOc1ccccc1Cl. The highest BCUT2D eigenvalue weighted by Gasteiger charge is 1.97. The van der Waals surface area contributed by atoms with E-state index in [1.807, 2.05) is 18.2 Å². The van der Waals surface area contributed by atoms with Gasteiger partial charge in [0.1, 0.15) is 5.75 Å². The average molecular weight is 201 g/mol. The molecule has 0 unspecified atom stereocenters. The molecule has 0 aliphatic rings. The van der Waals surface area contributed by atoms with E-state index in [4.69, 9.17) is 22.2 Å². The largest absolute Gasteiger partial charge is 0.492 e. The molecule has 0 aliphatic heterocycles. The van der Waals surface area contributed by atoms with Crippen LogP contribution in [0.2, 0.25) is 5.02 Å². The van der Waals surface area contributed by atoms with Crippen LogP contribution in [0.1, 0.15) is 6.42 Å². The molecule has 3 N–H and O–H groups in total. The summed E-state index contributed by atoms with van der Waals surface area (Å²) in [4.78, 5) is 0. The van der Waals surface area contributed by atoms with E-state index in [0.29, 0.717) is 11.6 Å². The summed E-state index contributed by atoms with van der Waals surface area (Å²) >= 11 is 5.87.